The molecule has 28 heavy (non-hydrogen) atoms. The molecule has 152 valence electrons. The summed E-state index contributed by atoms with van der Waals surface area (Å²) in [4.78, 5) is 14.2. The molecule has 1 N–H and O–H groups in total. The maximum Gasteiger partial charge on any atom is 0.245 e. The molecule has 2 aromatic rings. The maximum absolute atomic E-state index is 5.58. The SMILES string of the molecule is C1CCC(CNc2nc3nonc3nc2N2CCOCC2)(N2CCOCC2)C1. The summed E-state index contributed by atoms with van der Waals surface area (Å²) in [6.45, 7) is 7.42. The first kappa shape index (κ1) is 18.0. The van der Waals surface area contributed by atoms with Crippen LogP contribution in [0.2, 0.25) is 0 Å². The first-order chi connectivity index (χ1) is 13.8. The zero-order chi connectivity index (χ0) is 18.8. The lowest BCUT2D eigenvalue weighted by molar-refractivity contribution is -0.0160. The first-order valence-corrected chi connectivity index (χ1v) is 10.2. The van der Waals surface area contributed by atoms with Crippen LogP contribution in [0.1, 0.15) is 25.7 Å². The molecule has 3 fully saturated rings. The van der Waals surface area contributed by atoms with Crippen LogP contribution in [0, 0.1) is 0 Å². The van der Waals surface area contributed by atoms with Crippen molar-refractivity contribution in [3.63, 3.8) is 0 Å². The summed E-state index contributed by atoms with van der Waals surface area (Å²) in [5, 5.41) is 11.4. The van der Waals surface area contributed by atoms with Crippen molar-refractivity contribution in [1.82, 2.24) is 25.2 Å². The molecule has 0 aromatic carbocycles. The molecule has 10 heteroatoms. The van der Waals surface area contributed by atoms with E-state index >= 15 is 0 Å². The third-order valence-corrected chi connectivity index (χ3v) is 6.21. The zero-order valence-corrected chi connectivity index (χ0v) is 16.1. The van der Waals surface area contributed by atoms with E-state index < -0.39 is 0 Å². The van der Waals surface area contributed by atoms with Gasteiger partial charge in [0.2, 0.25) is 11.3 Å². The predicted octanol–water partition coefficient (Wildman–Crippen LogP) is 0.906. The minimum Gasteiger partial charge on any atom is -0.379 e. The lowest BCUT2D eigenvalue weighted by Gasteiger charge is -2.43. The smallest absolute Gasteiger partial charge is 0.245 e. The van der Waals surface area contributed by atoms with Gasteiger partial charge in [0.25, 0.3) is 0 Å². The van der Waals surface area contributed by atoms with E-state index in [0.717, 1.165) is 57.6 Å². The Morgan fingerprint density at radius 3 is 2.21 bits per heavy atom. The second-order valence-electron chi connectivity index (χ2n) is 7.79. The van der Waals surface area contributed by atoms with Gasteiger partial charge in [-0.15, -0.1) is 0 Å². The van der Waals surface area contributed by atoms with E-state index in [9.17, 15) is 0 Å². The van der Waals surface area contributed by atoms with E-state index in [4.69, 9.17) is 14.1 Å². The quantitative estimate of drug-likeness (QED) is 0.794. The summed E-state index contributed by atoms with van der Waals surface area (Å²) < 4.78 is 15.9. The van der Waals surface area contributed by atoms with Gasteiger partial charge in [0, 0.05) is 38.3 Å². The fraction of sp³-hybridized carbons (Fsp3) is 0.778. The molecule has 1 saturated carbocycles. The van der Waals surface area contributed by atoms with Crippen molar-refractivity contribution in [1.29, 1.82) is 0 Å². The highest BCUT2D eigenvalue weighted by Gasteiger charge is 2.40. The average Bonchev–Trinajstić information content (AvgIpc) is 3.43. The van der Waals surface area contributed by atoms with Gasteiger partial charge in [-0.1, -0.05) is 12.8 Å². The van der Waals surface area contributed by atoms with Gasteiger partial charge in [-0.3, -0.25) is 4.90 Å². The number of ether oxygens (including phenoxy) is 2. The van der Waals surface area contributed by atoms with Crippen LogP contribution in [-0.4, -0.2) is 89.9 Å². The van der Waals surface area contributed by atoms with Gasteiger partial charge >= 0.3 is 0 Å². The highest BCUT2D eigenvalue weighted by Crippen LogP contribution is 2.36. The maximum atomic E-state index is 5.58. The van der Waals surface area contributed by atoms with Gasteiger partial charge in [0.15, 0.2) is 11.6 Å². The number of fused-ring (bicyclic) bond motifs is 1. The van der Waals surface area contributed by atoms with Crippen LogP contribution in [-0.2, 0) is 9.47 Å². The van der Waals surface area contributed by atoms with Crippen LogP contribution in [0.15, 0.2) is 4.63 Å². The molecule has 0 bridgehead atoms. The van der Waals surface area contributed by atoms with Crippen molar-refractivity contribution >= 4 is 22.9 Å². The molecule has 10 nitrogen and oxygen atoms in total. The lowest BCUT2D eigenvalue weighted by Crippen LogP contribution is -2.55. The van der Waals surface area contributed by atoms with E-state index in [0.29, 0.717) is 24.5 Å². The summed E-state index contributed by atoms with van der Waals surface area (Å²) >= 11 is 0. The van der Waals surface area contributed by atoms with Crippen molar-refractivity contribution in [2.24, 2.45) is 0 Å². The van der Waals surface area contributed by atoms with Gasteiger partial charge in [-0.2, -0.15) is 0 Å². The molecule has 3 aliphatic rings. The summed E-state index contributed by atoms with van der Waals surface area (Å²) in [6, 6.07) is 0. The summed E-state index contributed by atoms with van der Waals surface area (Å²) in [6.07, 6.45) is 4.95. The fourth-order valence-corrected chi connectivity index (χ4v) is 4.67. The molecule has 0 spiro atoms. The van der Waals surface area contributed by atoms with Gasteiger partial charge in [0.1, 0.15) is 0 Å². The molecule has 0 amide bonds. The number of nitrogens with zero attached hydrogens (tertiary/aromatic N) is 6. The molecular formula is C18H27N7O3. The molecule has 0 atom stereocenters. The molecule has 0 radical (unpaired) electrons. The van der Waals surface area contributed by atoms with Crippen LogP contribution in [0.5, 0.6) is 0 Å². The van der Waals surface area contributed by atoms with Crippen molar-refractivity contribution < 1.29 is 14.1 Å². The minimum absolute atomic E-state index is 0.158. The topological polar surface area (TPSA) is 102 Å². The Morgan fingerprint density at radius 1 is 0.857 bits per heavy atom. The second kappa shape index (κ2) is 7.76. The number of aromatic nitrogens is 4. The molecular weight excluding hydrogens is 362 g/mol. The minimum atomic E-state index is 0.158. The molecule has 0 unspecified atom stereocenters. The van der Waals surface area contributed by atoms with Crippen molar-refractivity contribution in [3.8, 4) is 0 Å². The van der Waals surface area contributed by atoms with E-state index in [1.165, 1.54) is 25.7 Å². The van der Waals surface area contributed by atoms with Crippen molar-refractivity contribution in [3.05, 3.63) is 0 Å². The van der Waals surface area contributed by atoms with E-state index in [2.05, 4.69) is 35.4 Å². The third kappa shape index (κ3) is 3.40. The summed E-state index contributed by atoms with van der Waals surface area (Å²) in [7, 11) is 0. The number of morpholine rings is 2. The molecule has 2 aliphatic heterocycles. The van der Waals surface area contributed by atoms with Crippen LogP contribution < -0.4 is 10.2 Å². The number of anilines is 2. The number of rotatable bonds is 5. The number of nitrogens with one attached hydrogen (secondary N) is 1. The first-order valence-electron chi connectivity index (χ1n) is 10.2. The predicted molar refractivity (Wildman–Crippen MR) is 103 cm³/mol. The van der Waals surface area contributed by atoms with Gasteiger partial charge in [-0.25, -0.2) is 14.6 Å². The van der Waals surface area contributed by atoms with Crippen LogP contribution in [0.4, 0.5) is 11.6 Å². The Balaban J connectivity index is 1.41. The largest absolute Gasteiger partial charge is 0.379 e. The fourth-order valence-electron chi connectivity index (χ4n) is 4.67. The van der Waals surface area contributed by atoms with Gasteiger partial charge in [0.05, 0.1) is 26.4 Å². The Kier molecular flexibility index (Phi) is 5.00. The van der Waals surface area contributed by atoms with Gasteiger partial charge in [-0.05, 0) is 23.2 Å². The summed E-state index contributed by atoms with van der Waals surface area (Å²) in [5.41, 5.74) is 1.03. The second-order valence-corrected chi connectivity index (χ2v) is 7.79. The third-order valence-electron chi connectivity index (χ3n) is 6.21. The van der Waals surface area contributed by atoms with Crippen LogP contribution >= 0.6 is 0 Å². The van der Waals surface area contributed by atoms with Crippen molar-refractivity contribution in [2.45, 2.75) is 31.2 Å². The average molecular weight is 389 g/mol. The summed E-state index contributed by atoms with van der Waals surface area (Å²) in [5.74, 6) is 1.56. The standard InChI is InChI=1S/C18H27N7O3/c1-2-4-18(3-1,25-7-11-27-12-8-25)13-19-16-17(24-5-9-26-10-6-24)21-15-14(20-16)22-28-23-15/h1-13H2,(H,19,20,22). The van der Waals surface area contributed by atoms with E-state index in [1.54, 1.807) is 0 Å². The van der Waals surface area contributed by atoms with Gasteiger partial charge < -0.3 is 19.7 Å². The molecule has 2 saturated heterocycles. The Labute approximate surface area is 163 Å². The van der Waals surface area contributed by atoms with Crippen LogP contribution in [0.25, 0.3) is 11.3 Å². The molecule has 1 aliphatic carbocycles. The lowest BCUT2D eigenvalue weighted by atomic mass is 9.94. The molecule has 2 aromatic heterocycles. The Bertz CT molecular complexity index is 796. The van der Waals surface area contributed by atoms with Crippen LogP contribution in [0.3, 0.4) is 0 Å². The Morgan fingerprint density at radius 2 is 1.50 bits per heavy atom. The highest BCUT2D eigenvalue weighted by molar-refractivity contribution is 5.74. The zero-order valence-electron chi connectivity index (χ0n) is 16.1. The monoisotopic (exact) mass is 389 g/mol. The van der Waals surface area contributed by atoms with E-state index in [1.807, 2.05) is 0 Å². The number of hydrogen-bond donors (Lipinski definition) is 1. The molecule has 4 heterocycles. The van der Waals surface area contributed by atoms with Crippen molar-refractivity contribution in [2.75, 3.05) is 69.4 Å². The highest BCUT2D eigenvalue weighted by atomic mass is 16.6. The Hall–Kier alpha value is -2.04. The molecule has 5 rings (SSSR count). The normalized spacial score (nSPS) is 23.4. The van der Waals surface area contributed by atoms with E-state index in [-0.39, 0.29) is 5.54 Å². The number of hydrogen-bond acceptors (Lipinski definition) is 10.